The second kappa shape index (κ2) is 8.05. The number of imidazole rings is 1. The van der Waals surface area contributed by atoms with Gasteiger partial charge in [-0.15, -0.1) is 0 Å². The van der Waals surface area contributed by atoms with Crippen molar-refractivity contribution in [3.05, 3.63) is 59.0 Å². The van der Waals surface area contributed by atoms with Crippen LogP contribution in [0.25, 0.3) is 11.0 Å². The largest absolute Gasteiger partial charge is 0.379 e. The van der Waals surface area contributed by atoms with E-state index in [1.54, 1.807) is 31.3 Å². The van der Waals surface area contributed by atoms with Crippen LogP contribution in [0.15, 0.2) is 58.2 Å². The highest BCUT2D eigenvalue weighted by molar-refractivity contribution is 7.89. The Labute approximate surface area is 173 Å². The molecule has 0 bridgehead atoms. The fourth-order valence-corrected chi connectivity index (χ4v) is 4.98. The lowest BCUT2D eigenvalue weighted by Crippen LogP contribution is -2.40. The van der Waals surface area contributed by atoms with Crippen molar-refractivity contribution < 1.29 is 17.9 Å². The SMILES string of the molecule is Cn1c(=O)n(CC(=O)Nc2cccc(S(=O)(=O)N3CCOCC3)c2)c2ccccc21. The number of carbonyl (C=O) groups is 1. The van der Waals surface area contributed by atoms with Gasteiger partial charge in [-0.1, -0.05) is 18.2 Å². The minimum atomic E-state index is -3.67. The number of nitrogens with one attached hydrogen (secondary N) is 1. The molecular weight excluding hydrogens is 408 g/mol. The fraction of sp³-hybridized carbons (Fsp3) is 0.300. The highest BCUT2D eigenvalue weighted by atomic mass is 32.2. The van der Waals surface area contributed by atoms with Crippen LogP contribution >= 0.6 is 0 Å². The highest BCUT2D eigenvalue weighted by Gasteiger charge is 2.26. The number of hydrogen-bond donors (Lipinski definition) is 1. The van der Waals surface area contributed by atoms with E-state index in [1.807, 2.05) is 12.1 Å². The van der Waals surface area contributed by atoms with Gasteiger partial charge in [0.1, 0.15) is 6.54 Å². The minimum absolute atomic E-state index is 0.101. The maximum absolute atomic E-state index is 12.8. The van der Waals surface area contributed by atoms with E-state index in [-0.39, 0.29) is 17.1 Å². The molecule has 1 amide bonds. The summed E-state index contributed by atoms with van der Waals surface area (Å²) in [5.74, 6) is -0.422. The van der Waals surface area contributed by atoms with E-state index in [9.17, 15) is 18.0 Å². The first-order valence-electron chi connectivity index (χ1n) is 9.50. The molecule has 2 aromatic carbocycles. The first-order chi connectivity index (χ1) is 14.4. The number of carbonyl (C=O) groups excluding carboxylic acids is 1. The van der Waals surface area contributed by atoms with Crippen LogP contribution in [0, 0.1) is 0 Å². The average Bonchev–Trinajstić information content (AvgIpc) is 2.99. The summed E-state index contributed by atoms with van der Waals surface area (Å²) in [5.41, 5.74) is 1.44. The van der Waals surface area contributed by atoms with Crippen LogP contribution in [-0.2, 0) is 33.1 Å². The second-order valence-corrected chi connectivity index (χ2v) is 8.95. The molecule has 2 heterocycles. The van der Waals surface area contributed by atoms with Gasteiger partial charge in [-0.3, -0.25) is 13.9 Å². The van der Waals surface area contributed by atoms with Crippen LogP contribution in [-0.4, -0.2) is 54.1 Å². The molecule has 3 aromatic rings. The molecule has 1 saturated heterocycles. The predicted octanol–water partition coefficient (Wildman–Crippen LogP) is 1.000. The average molecular weight is 430 g/mol. The van der Waals surface area contributed by atoms with E-state index in [4.69, 9.17) is 4.74 Å². The number of aromatic nitrogens is 2. The Morgan fingerprint density at radius 3 is 2.50 bits per heavy atom. The summed E-state index contributed by atoms with van der Waals surface area (Å²) in [4.78, 5) is 25.2. The Kier molecular flexibility index (Phi) is 5.46. The van der Waals surface area contributed by atoms with Gasteiger partial charge in [-0.2, -0.15) is 4.31 Å². The molecule has 0 saturated carbocycles. The van der Waals surface area contributed by atoms with Crippen LogP contribution < -0.4 is 11.0 Å². The number of morpholine rings is 1. The number of ether oxygens (including phenoxy) is 1. The van der Waals surface area contributed by atoms with Crippen molar-refractivity contribution in [1.29, 1.82) is 0 Å². The fourth-order valence-electron chi connectivity index (χ4n) is 3.53. The predicted molar refractivity (Wildman–Crippen MR) is 112 cm³/mol. The second-order valence-electron chi connectivity index (χ2n) is 7.01. The lowest BCUT2D eigenvalue weighted by Gasteiger charge is -2.26. The molecule has 1 aliphatic rings. The Balaban J connectivity index is 1.54. The molecule has 4 rings (SSSR count). The van der Waals surface area contributed by atoms with Gasteiger partial charge in [0.05, 0.1) is 29.1 Å². The third-order valence-corrected chi connectivity index (χ3v) is 6.97. The van der Waals surface area contributed by atoms with Crippen molar-refractivity contribution in [3.8, 4) is 0 Å². The number of para-hydroxylation sites is 2. The zero-order chi connectivity index (χ0) is 21.3. The first-order valence-corrected chi connectivity index (χ1v) is 10.9. The third-order valence-electron chi connectivity index (χ3n) is 5.08. The molecule has 0 spiro atoms. The van der Waals surface area contributed by atoms with Gasteiger partial charge in [0.2, 0.25) is 15.9 Å². The zero-order valence-electron chi connectivity index (χ0n) is 16.4. The van der Waals surface area contributed by atoms with Crippen LogP contribution in [0.5, 0.6) is 0 Å². The number of anilines is 1. The van der Waals surface area contributed by atoms with Gasteiger partial charge in [0.25, 0.3) is 0 Å². The Hall–Kier alpha value is -2.95. The molecule has 158 valence electrons. The summed E-state index contributed by atoms with van der Waals surface area (Å²) in [7, 11) is -2.02. The van der Waals surface area contributed by atoms with Crippen LogP contribution in [0.3, 0.4) is 0 Å². The van der Waals surface area contributed by atoms with Gasteiger partial charge in [0.15, 0.2) is 0 Å². The van der Waals surface area contributed by atoms with Crippen molar-refractivity contribution in [3.63, 3.8) is 0 Å². The molecule has 0 aliphatic carbocycles. The van der Waals surface area contributed by atoms with E-state index in [1.165, 1.54) is 25.6 Å². The summed E-state index contributed by atoms with van der Waals surface area (Å²) in [5, 5.41) is 2.69. The molecule has 10 heteroatoms. The molecule has 0 atom stereocenters. The Morgan fingerprint density at radius 2 is 1.77 bits per heavy atom. The molecule has 9 nitrogen and oxygen atoms in total. The van der Waals surface area contributed by atoms with Crippen molar-refractivity contribution in [2.24, 2.45) is 7.05 Å². The molecule has 1 fully saturated rings. The van der Waals surface area contributed by atoms with Crippen molar-refractivity contribution in [1.82, 2.24) is 13.4 Å². The molecular formula is C20H22N4O5S. The molecule has 0 unspecified atom stereocenters. The lowest BCUT2D eigenvalue weighted by atomic mass is 10.3. The maximum atomic E-state index is 12.8. The van der Waals surface area contributed by atoms with E-state index >= 15 is 0 Å². The third kappa shape index (κ3) is 3.76. The van der Waals surface area contributed by atoms with Crippen molar-refractivity contribution in [2.75, 3.05) is 31.6 Å². The van der Waals surface area contributed by atoms with Gasteiger partial charge in [0, 0.05) is 25.8 Å². The summed E-state index contributed by atoms with van der Waals surface area (Å²) < 4.78 is 35.1. The van der Waals surface area contributed by atoms with Gasteiger partial charge >= 0.3 is 5.69 Å². The lowest BCUT2D eigenvalue weighted by molar-refractivity contribution is -0.116. The van der Waals surface area contributed by atoms with Crippen LogP contribution in [0.1, 0.15) is 0 Å². The monoisotopic (exact) mass is 430 g/mol. The standard InChI is InChI=1S/C20H22N4O5S/c1-22-17-7-2-3-8-18(17)24(20(22)26)14-19(25)21-15-5-4-6-16(13-15)30(27,28)23-9-11-29-12-10-23/h2-8,13H,9-12,14H2,1H3,(H,21,25). The highest BCUT2D eigenvalue weighted by Crippen LogP contribution is 2.21. The smallest absolute Gasteiger partial charge is 0.329 e. The van der Waals surface area contributed by atoms with E-state index in [0.29, 0.717) is 37.5 Å². The van der Waals surface area contributed by atoms with E-state index < -0.39 is 15.9 Å². The van der Waals surface area contributed by atoms with Gasteiger partial charge in [-0.25, -0.2) is 13.2 Å². The molecule has 0 radical (unpaired) electrons. The number of fused-ring (bicyclic) bond motifs is 1. The van der Waals surface area contributed by atoms with E-state index in [2.05, 4.69) is 5.32 Å². The van der Waals surface area contributed by atoms with Gasteiger partial charge in [-0.05, 0) is 30.3 Å². The van der Waals surface area contributed by atoms with Crippen molar-refractivity contribution >= 4 is 32.7 Å². The summed E-state index contributed by atoms with van der Waals surface area (Å²) in [6.45, 7) is 1.12. The van der Waals surface area contributed by atoms with Crippen molar-refractivity contribution in [2.45, 2.75) is 11.4 Å². The number of nitrogens with zero attached hydrogens (tertiary/aromatic N) is 3. The van der Waals surface area contributed by atoms with E-state index in [0.717, 1.165) is 5.52 Å². The first kappa shape index (κ1) is 20.3. The number of benzene rings is 2. The van der Waals surface area contributed by atoms with Crippen LogP contribution in [0.2, 0.25) is 0 Å². The molecule has 1 aromatic heterocycles. The summed E-state index contributed by atoms with van der Waals surface area (Å²) in [6.07, 6.45) is 0. The van der Waals surface area contributed by atoms with Gasteiger partial charge < -0.3 is 10.1 Å². The molecule has 30 heavy (non-hydrogen) atoms. The number of aryl methyl sites for hydroxylation is 1. The quantitative estimate of drug-likeness (QED) is 0.651. The number of sulfonamides is 1. The minimum Gasteiger partial charge on any atom is -0.379 e. The molecule has 1 aliphatic heterocycles. The Morgan fingerprint density at radius 1 is 1.07 bits per heavy atom. The maximum Gasteiger partial charge on any atom is 0.329 e. The summed E-state index contributed by atoms with van der Waals surface area (Å²) >= 11 is 0. The molecule has 1 N–H and O–H groups in total. The Bertz CT molecular complexity index is 1260. The number of amides is 1. The number of rotatable bonds is 5. The topological polar surface area (TPSA) is 103 Å². The van der Waals surface area contributed by atoms with Crippen LogP contribution in [0.4, 0.5) is 5.69 Å². The summed E-state index contributed by atoms with van der Waals surface area (Å²) in [6, 6.07) is 13.3. The number of hydrogen-bond acceptors (Lipinski definition) is 5. The normalized spacial score (nSPS) is 15.4. The zero-order valence-corrected chi connectivity index (χ0v) is 17.3.